The first-order valence-electron chi connectivity index (χ1n) is 22.1. The van der Waals surface area contributed by atoms with Gasteiger partial charge in [0.1, 0.15) is 11.0 Å². The Morgan fingerprint density at radius 1 is 0.691 bits per heavy atom. The molecule has 0 aromatic carbocycles. The summed E-state index contributed by atoms with van der Waals surface area (Å²) >= 11 is 6.01. The molecule has 350 valence electrons. The van der Waals surface area contributed by atoms with E-state index in [4.69, 9.17) is 25.9 Å². The van der Waals surface area contributed by atoms with Gasteiger partial charge in [0.05, 0.1) is 65.1 Å². The number of fused-ring (bicyclic) bond motifs is 8. The molecule has 0 aliphatic carbocycles. The number of hydrogen-bond donors (Lipinski definition) is 2. The van der Waals surface area contributed by atoms with Crippen LogP contribution >= 0.6 is 11.6 Å². The predicted molar refractivity (Wildman–Crippen MR) is 254 cm³/mol. The Kier molecular flexibility index (Phi) is 12.6. The summed E-state index contributed by atoms with van der Waals surface area (Å²) in [6.45, 7) is 14.7. The van der Waals surface area contributed by atoms with E-state index in [0.29, 0.717) is 50.8 Å². The van der Waals surface area contributed by atoms with E-state index in [0.717, 1.165) is 56.1 Å². The number of carbonyl (C=O) groups is 2. The number of nitrogens with zero attached hydrogens (tertiary/aromatic N) is 12. The van der Waals surface area contributed by atoms with Crippen molar-refractivity contribution in [2.24, 2.45) is 0 Å². The van der Waals surface area contributed by atoms with E-state index in [2.05, 4.69) is 55.3 Å². The molecular formula is C46H48BClF2N14O4. The van der Waals surface area contributed by atoms with Crippen molar-refractivity contribution in [3.8, 4) is 11.3 Å². The molecule has 0 spiro atoms. The number of nitrogens with one attached hydrogen (secondary N) is 2. The summed E-state index contributed by atoms with van der Waals surface area (Å²) in [5, 5.41) is 5.93. The van der Waals surface area contributed by atoms with Gasteiger partial charge in [-0.1, -0.05) is 11.6 Å². The molecule has 2 atom stereocenters. The van der Waals surface area contributed by atoms with Crippen LogP contribution in [0.5, 0.6) is 0 Å². The van der Waals surface area contributed by atoms with E-state index in [-0.39, 0.29) is 24.1 Å². The van der Waals surface area contributed by atoms with Gasteiger partial charge >= 0.3 is 19.2 Å². The van der Waals surface area contributed by atoms with Gasteiger partial charge in [-0.05, 0) is 90.8 Å². The van der Waals surface area contributed by atoms with Crippen LogP contribution in [0.2, 0.25) is 5.15 Å². The Morgan fingerprint density at radius 3 is 1.75 bits per heavy atom. The summed E-state index contributed by atoms with van der Waals surface area (Å²) in [6.07, 6.45) is 13.3. The number of anilines is 6. The van der Waals surface area contributed by atoms with Crippen LogP contribution in [0.15, 0.2) is 86.0 Å². The summed E-state index contributed by atoms with van der Waals surface area (Å²) < 4.78 is 39.7. The minimum atomic E-state index is -0.665. The molecule has 4 amide bonds. The first kappa shape index (κ1) is 46.2. The minimum absolute atomic E-state index is 0.00838. The summed E-state index contributed by atoms with van der Waals surface area (Å²) in [5.74, 6) is 1.06. The maximum atomic E-state index is 14.4. The van der Waals surface area contributed by atoms with Crippen LogP contribution in [0.3, 0.4) is 0 Å². The number of rotatable bonds is 4. The van der Waals surface area contributed by atoms with Crippen molar-refractivity contribution in [1.29, 1.82) is 0 Å². The molecule has 4 bridgehead atoms. The zero-order valence-corrected chi connectivity index (χ0v) is 38.9. The molecule has 68 heavy (non-hydrogen) atoms. The first-order chi connectivity index (χ1) is 32.5. The fourth-order valence-corrected chi connectivity index (χ4v) is 8.73. The molecule has 5 aliphatic heterocycles. The lowest BCUT2D eigenvalue weighted by atomic mass is 9.79. The molecule has 11 rings (SSSR count). The summed E-state index contributed by atoms with van der Waals surface area (Å²) in [4.78, 5) is 66.6. The molecule has 3 saturated heterocycles. The Morgan fingerprint density at radius 2 is 1.21 bits per heavy atom. The number of amides is 4. The number of urea groups is 2. The number of carbonyl (C=O) groups excluding carboxylic acids is 2. The zero-order chi connectivity index (χ0) is 47.9. The lowest BCUT2D eigenvalue weighted by Gasteiger charge is -2.35. The van der Waals surface area contributed by atoms with E-state index in [9.17, 15) is 18.4 Å². The summed E-state index contributed by atoms with van der Waals surface area (Å²) in [7, 11) is -0.665. The lowest BCUT2D eigenvalue weighted by molar-refractivity contribution is 0.00578. The van der Waals surface area contributed by atoms with Crippen LogP contribution in [-0.2, 0) is 9.31 Å². The van der Waals surface area contributed by atoms with Crippen LogP contribution < -0.4 is 35.7 Å². The van der Waals surface area contributed by atoms with Crippen LogP contribution in [-0.4, -0.2) is 109 Å². The van der Waals surface area contributed by atoms with Crippen molar-refractivity contribution in [3.05, 3.63) is 114 Å². The van der Waals surface area contributed by atoms with Gasteiger partial charge in [0.2, 0.25) is 0 Å². The number of aromatic nitrogens is 8. The van der Waals surface area contributed by atoms with E-state index < -0.39 is 30.0 Å². The third-order valence-electron chi connectivity index (χ3n) is 12.7. The van der Waals surface area contributed by atoms with Gasteiger partial charge < -0.3 is 19.1 Å². The summed E-state index contributed by atoms with van der Waals surface area (Å²) in [6, 6.07) is 10.2. The van der Waals surface area contributed by atoms with Gasteiger partial charge in [-0.15, -0.1) is 0 Å². The smallest absolute Gasteiger partial charge is 0.399 e. The van der Waals surface area contributed by atoms with E-state index >= 15 is 0 Å². The van der Waals surface area contributed by atoms with Gasteiger partial charge in [-0.3, -0.25) is 40.4 Å². The Balaban J connectivity index is 0.000000132. The van der Waals surface area contributed by atoms with Crippen LogP contribution in [0, 0.1) is 25.5 Å². The molecule has 0 saturated carbocycles. The highest BCUT2D eigenvalue weighted by atomic mass is 35.5. The highest BCUT2D eigenvalue weighted by molar-refractivity contribution is 6.62. The highest BCUT2D eigenvalue weighted by Crippen LogP contribution is 2.42. The molecule has 22 heteroatoms. The van der Waals surface area contributed by atoms with Crippen molar-refractivity contribution in [1.82, 2.24) is 39.9 Å². The maximum Gasteiger partial charge on any atom is 0.497 e. The minimum Gasteiger partial charge on any atom is -0.399 e. The normalized spacial score (nSPS) is 19.0. The quantitative estimate of drug-likeness (QED) is 0.136. The molecule has 5 aliphatic rings. The van der Waals surface area contributed by atoms with Crippen molar-refractivity contribution < 1.29 is 27.7 Å². The van der Waals surface area contributed by atoms with Crippen LogP contribution in [0.4, 0.5) is 53.0 Å². The Labute approximate surface area is 396 Å². The number of hydrogen-bond acceptors (Lipinski definition) is 14. The number of pyridine rings is 4. The second-order valence-corrected chi connectivity index (χ2v) is 18.2. The molecule has 0 unspecified atom stereocenters. The fourth-order valence-electron chi connectivity index (χ4n) is 8.59. The zero-order valence-electron chi connectivity index (χ0n) is 38.2. The van der Waals surface area contributed by atoms with Gasteiger partial charge in [0.15, 0.2) is 29.1 Å². The van der Waals surface area contributed by atoms with Gasteiger partial charge in [0.25, 0.3) is 0 Å². The topological polar surface area (TPSA) is 193 Å². The number of halogens is 3. The monoisotopic (exact) mass is 944 g/mol. The lowest BCUT2D eigenvalue weighted by Crippen LogP contribution is -2.48. The van der Waals surface area contributed by atoms with Crippen molar-refractivity contribution in [2.75, 3.05) is 56.4 Å². The Hall–Kier alpha value is -6.97. The largest absolute Gasteiger partial charge is 0.497 e. The average molecular weight is 945 g/mol. The Bertz CT molecular complexity index is 2840. The standard InChI is InChI=1S/C20H18FN7O.C14H13ClN6O.C12H17BFNO2/c1-12-8-14(15(21)9-24-12)16-2-3-17-19(25-16)28(13-4-7-27(17)11-13)20(29)26-18-10-22-5-6-23-18;15-11-2-1-10-13(18-11)21(9-3-6-20(10)8-9)14(22)19-12-7-16-4-5-17-12;1-8-6-9(10(14)7-15-8)13-16-11(2,3)12(4,5)17-13/h2-3,5-6,8-10,13H,4,7,11H2,1H3,(H,23,26,29);1-2,4-5,7,9H,3,6,8H2,(H,17,19,22);6-7H,1-5H3/t13-;9-;/m00./s1. The van der Waals surface area contributed by atoms with Gasteiger partial charge in [-0.25, -0.2) is 38.3 Å². The van der Waals surface area contributed by atoms with E-state index in [1.807, 2.05) is 46.8 Å². The maximum absolute atomic E-state index is 14.4. The second kappa shape index (κ2) is 18.6. The highest BCUT2D eigenvalue weighted by Gasteiger charge is 2.52. The van der Waals surface area contributed by atoms with Crippen LogP contribution in [0.25, 0.3) is 11.3 Å². The van der Waals surface area contributed by atoms with Gasteiger partial charge in [-0.2, -0.15) is 0 Å². The first-order valence-corrected chi connectivity index (χ1v) is 22.4. The molecule has 0 radical (unpaired) electrons. The molecule has 18 nitrogen and oxygen atoms in total. The molecule has 6 aromatic heterocycles. The van der Waals surface area contributed by atoms with E-state index in [1.54, 1.807) is 53.4 Å². The van der Waals surface area contributed by atoms with Crippen molar-refractivity contribution in [3.63, 3.8) is 0 Å². The molecular weight excluding hydrogens is 897 g/mol. The third kappa shape index (κ3) is 9.32. The third-order valence-corrected chi connectivity index (χ3v) is 12.9. The van der Waals surface area contributed by atoms with Crippen molar-refractivity contribution in [2.45, 2.75) is 77.7 Å². The molecule has 6 aromatic rings. The fraction of sp³-hybridized carbons (Fsp3) is 0.348. The SMILES string of the molecule is Cc1cc(-c2ccc3c(n2)N(C(=O)Nc2cnccn2)[C@H]2CCN3C2)c(F)cn1.Cc1cc(B2OC(C)(C)C(C)(C)O2)c(F)cn1.O=C(Nc1cnccn1)N1c2nc(Cl)ccc2N2CC[C@H]1C2. The molecule has 3 fully saturated rings. The molecule has 11 heterocycles. The van der Waals surface area contributed by atoms with E-state index in [1.165, 1.54) is 37.2 Å². The summed E-state index contributed by atoms with van der Waals surface area (Å²) in [5.41, 5.74) is 3.57. The number of aryl methyl sites for hydroxylation is 2. The predicted octanol–water partition coefficient (Wildman–Crippen LogP) is 7.00. The van der Waals surface area contributed by atoms with Crippen LogP contribution in [0.1, 0.15) is 51.9 Å². The van der Waals surface area contributed by atoms with Crippen molar-refractivity contribution >= 4 is 70.9 Å². The average Bonchev–Trinajstić information content (AvgIpc) is 3.99. The molecule has 2 N–H and O–H groups in total. The second-order valence-electron chi connectivity index (χ2n) is 17.8. The van der Waals surface area contributed by atoms with Gasteiger partial charge in [0, 0.05) is 73.4 Å².